The molecule has 1 N–H and O–H groups in total. The zero-order valence-electron chi connectivity index (χ0n) is 14.5. The van der Waals surface area contributed by atoms with Gasteiger partial charge in [-0.05, 0) is 54.5 Å². The molecule has 8 nitrogen and oxygen atoms in total. The van der Waals surface area contributed by atoms with E-state index in [4.69, 9.17) is 0 Å². The quantitative estimate of drug-likeness (QED) is 0.736. The lowest BCUT2D eigenvalue weighted by Gasteiger charge is -2.14. The number of carbonyl (C=O) groups is 1. The number of carbonyl (C=O) groups excluding carboxylic acids is 1. The van der Waals surface area contributed by atoms with Crippen LogP contribution in [0.2, 0.25) is 0 Å². The summed E-state index contributed by atoms with van der Waals surface area (Å²) in [6.07, 6.45) is 1.49. The van der Waals surface area contributed by atoms with E-state index in [0.29, 0.717) is 12.1 Å². The molecule has 1 amide bonds. The van der Waals surface area contributed by atoms with Crippen LogP contribution in [0.3, 0.4) is 0 Å². The second-order valence-electron chi connectivity index (χ2n) is 6.23. The molecule has 0 aliphatic heterocycles. The Labute approximate surface area is 145 Å². The predicted octanol–water partition coefficient (Wildman–Crippen LogP) is 1.54. The van der Waals surface area contributed by atoms with E-state index >= 15 is 0 Å². The minimum Gasteiger partial charge on any atom is -0.352 e. The Morgan fingerprint density at radius 2 is 2.12 bits per heavy atom. The fourth-order valence-electron chi connectivity index (χ4n) is 2.66. The molecule has 0 unspecified atom stereocenters. The molecule has 0 fully saturated rings. The average Bonchev–Trinajstić information content (AvgIpc) is 3.23. The van der Waals surface area contributed by atoms with Gasteiger partial charge < -0.3 is 5.32 Å². The van der Waals surface area contributed by atoms with Crippen LogP contribution < -0.4 is 5.32 Å². The Kier molecular flexibility index (Phi) is 4.87. The maximum absolute atomic E-state index is 12.4. The van der Waals surface area contributed by atoms with E-state index in [-0.39, 0.29) is 11.8 Å². The van der Waals surface area contributed by atoms with Crippen LogP contribution in [0.15, 0.2) is 36.7 Å². The Bertz CT molecular complexity index is 854. The van der Waals surface area contributed by atoms with Gasteiger partial charge in [0.05, 0.1) is 11.4 Å². The van der Waals surface area contributed by atoms with Gasteiger partial charge in [-0.2, -0.15) is 5.10 Å². The zero-order valence-corrected chi connectivity index (χ0v) is 14.5. The average molecular weight is 339 g/mol. The maximum Gasteiger partial charge on any atom is 0.251 e. The van der Waals surface area contributed by atoms with Crippen molar-refractivity contribution in [1.29, 1.82) is 0 Å². The molecule has 0 saturated heterocycles. The lowest BCUT2D eigenvalue weighted by atomic mass is 10.1. The van der Waals surface area contributed by atoms with Crippen LogP contribution in [-0.2, 0) is 6.54 Å². The Morgan fingerprint density at radius 1 is 1.28 bits per heavy atom. The van der Waals surface area contributed by atoms with Gasteiger partial charge in [0, 0.05) is 24.3 Å². The second-order valence-corrected chi connectivity index (χ2v) is 6.23. The molecule has 0 aliphatic carbocycles. The third kappa shape index (κ3) is 4.09. The van der Waals surface area contributed by atoms with Crippen molar-refractivity contribution in [3.63, 3.8) is 0 Å². The molecular weight excluding hydrogens is 318 g/mol. The topological polar surface area (TPSA) is 90.5 Å². The van der Waals surface area contributed by atoms with E-state index in [1.54, 1.807) is 12.1 Å². The number of hydrogen-bond acceptors (Lipinski definition) is 5. The molecule has 3 rings (SSSR count). The van der Waals surface area contributed by atoms with Crippen LogP contribution in [0.5, 0.6) is 0 Å². The molecule has 0 bridgehead atoms. The van der Waals surface area contributed by atoms with Crippen LogP contribution in [0.25, 0.3) is 5.69 Å². The molecule has 3 aromatic rings. The van der Waals surface area contributed by atoms with Crippen LogP contribution in [0, 0.1) is 19.8 Å². The number of aryl methyl sites for hydroxylation is 2. The molecule has 130 valence electrons. The molecule has 25 heavy (non-hydrogen) atoms. The number of aromatic nitrogens is 6. The highest BCUT2D eigenvalue weighted by Crippen LogP contribution is 2.10. The summed E-state index contributed by atoms with van der Waals surface area (Å²) in [5.41, 5.74) is 3.46. The first kappa shape index (κ1) is 16.8. The first-order chi connectivity index (χ1) is 12.0. The third-order valence-corrected chi connectivity index (χ3v) is 3.92. The Hall–Kier alpha value is -3.03. The number of tetrazole rings is 1. The maximum atomic E-state index is 12.4. The van der Waals surface area contributed by atoms with Crippen molar-refractivity contribution in [3.8, 4) is 5.69 Å². The standard InChI is InChI=1S/C17H21N7O/c1-12(10-23-14(3)7-13(2)20-23)9-18-17(25)15-5-4-6-16(8-15)24-11-19-21-22-24/h4-8,11-12H,9-10H2,1-3H3,(H,18,25)/t12-/m1/s1. The van der Waals surface area contributed by atoms with Gasteiger partial charge in [0.1, 0.15) is 6.33 Å². The van der Waals surface area contributed by atoms with Gasteiger partial charge in [0.15, 0.2) is 0 Å². The summed E-state index contributed by atoms with van der Waals surface area (Å²) in [4.78, 5) is 12.4. The molecule has 0 radical (unpaired) electrons. The molecule has 0 aliphatic rings. The number of rotatable bonds is 6. The van der Waals surface area contributed by atoms with E-state index in [9.17, 15) is 4.79 Å². The summed E-state index contributed by atoms with van der Waals surface area (Å²) in [6.45, 7) is 7.45. The molecular formula is C17H21N7O. The van der Waals surface area contributed by atoms with Gasteiger partial charge in [-0.1, -0.05) is 13.0 Å². The van der Waals surface area contributed by atoms with Gasteiger partial charge in [0.2, 0.25) is 0 Å². The van der Waals surface area contributed by atoms with E-state index < -0.39 is 0 Å². The number of nitrogens with zero attached hydrogens (tertiary/aromatic N) is 6. The molecule has 0 spiro atoms. The minimum absolute atomic E-state index is 0.116. The van der Waals surface area contributed by atoms with Gasteiger partial charge in [0.25, 0.3) is 5.91 Å². The van der Waals surface area contributed by atoms with Crippen LogP contribution in [0.4, 0.5) is 0 Å². The van der Waals surface area contributed by atoms with Gasteiger partial charge in [-0.25, -0.2) is 4.68 Å². The van der Waals surface area contributed by atoms with Crippen molar-refractivity contribution in [3.05, 3.63) is 53.6 Å². The molecule has 8 heteroatoms. The summed E-state index contributed by atoms with van der Waals surface area (Å²) in [7, 11) is 0. The second kappa shape index (κ2) is 7.25. The van der Waals surface area contributed by atoms with E-state index in [1.807, 2.05) is 30.7 Å². The van der Waals surface area contributed by atoms with E-state index in [0.717, 1.165) is 23.6 Å². The van der Waals surface area contributed by atoms with Gasteiger partial charge in [-0.3, -0.25) is 9.48 Å². The summed E-state index contributed by atoms with van der Waals surface area (Å²) < 4.78 is 3.49. The largest absolute Gasteiger partial charge is 0.352 e. The molecule has 1 atom stereocenters. The number of benzene rings is 1. The van der Waals surface area contributed by atoms with Crippen LogP contribution in [0.1, 0.15) is 28.7 Å². The fourth-order valence-corrected chi connectivity index (χ4v) is 2.66. The highest BCUT2D eigenvalue weighted by molar-refractivity contribution is 5.94. The van der Waals surface area contributed by atoms with Crippen molar-refractivity contribution in [2.75, 3.05) is 6.54 Å². The smallest absolute Gasteiger partial charge is 0.251 e. The monoisotopic (exact) mass is 339 g/mol. The fraction of sp³-hybridized carbons (Fsp3) is 0.353. The van der Waals surface area contributed by atoms with Crippen molar-refractivity contribution in [2.45, 2.75) is 27.3 Å². The summed E-state index contributed by atoms with van der Waals surface area (Å²) in [5.74, 6) is 0.153. The van der Waals surface area contributed by atoms with Gasteiger partial charge in [-0.15, -0.1) is 5.10 Å². The highest BCUT2D eigenvalue weighted by atomic mass is 16.1. The molecule has 1 aromatic carbocycles. The highest BCUT2D eigenvalue weighted by Gasteiger charge is 2.11. The molecule has 0 saturated carbocycles. The van der Waals surface area contributed by atoms with Crippen molar-refractivity contribution in [1.82, 2.24) is 35.3 Å². The van der Waals surface area contributed by atoms with Gasteiger partial charge >= 0.3 is 0 Å². The third-order valence-electron chi connectivity index (χ3n) is 3.92. The van der Waals surface area contributed by atoms with E-state index in [1.165, 1.54) is 11.0 Å². The minimum atomic E-state index is -0.116. The first-order valence-corrected chi connectivity index (χ1v) is 8.15. The predicted molar refractivity (Wildman–Crippen MR) is 92.4 cm³/mol. The lowest BCUT2D eigenvalue weighted by molar-refractivity contribution is 0.0946. The van der Waals surface area contributed by atoms with Crippen molar-refractivity contribution in [2.24, 2.45) is 5.92 Å². The van der Waals surface area contributed by atoms with Crippen LogP contribution >= 0.6 is 0 Å². The Morgan fingerprint density at radius 3 is 2.80 bits per heavy atom. The lowest BCUT2D eigenvalue weighted by Crippen LogP contribution is -2.30. The molecule has 2 aromatic heterocycles. The Balaban J connectivity index is 1.59. The normalized spacial score (nSPS) is 12.1. The van der Waals surface area contributed by atoms with E-state index in [2.05, 4.69) is 38.9 Å². The summed E-state index contributed by atoms with van der Waals surface area (Å²) in [6, 6.07) is 9.24. The molecule has 2 heterocycles. The number of nitrogens with one attached hydrogen (secondary N) is 1. The number of amides is 1. The summed E-state index contributed by atoms with van der Waals surface area (Å²) >= 11 is 0. The van der Waals surface area contributed by atoms with Crippen molar-refractivity contribution >= 4 is 5.91 Å². The SMILES string of the molecule is Cc1cc(C)n(C[C@H](C)CNC(=O)c2cccc(-n3cnnn3)c2)n1. The van der Waals surface area contributed by atoms with Crippen molar-refractivity contribution < 1.29 is 4.79 Å². The zero-order chi connectivity index (χ0) is 17.8. The first-order valence-electron chi connectivity index (χ1n) is 8.15. The summed E-state index contributed by atoms with van der Waals surface area (Å²) in [5, 5.41) is 18.5. The van der Waals surface area contributed by atoms with Crippen LogP contribution in [-0.4, -0.2) is 42.4 Å². The number of hydrogen-bond donors (Lipinski definition) is 1.